The van der Waals surface area contributed by atoms with Gasteiger partial charge in [-0.1, -0.05) is 36.4 Å². The molecule has 0 heterocycles. The first-order chi connectivity index (χ1) is 14.3. The fraction of sp³-hybridized carbons (Fsp3) is 0.400. The van der Waals surface area contributed by atoms with E-state index in [1.807, 2.05) is 32.0 Å². The van der Waals surface area contributed by atoms with Crippen LogP contribution in [0.1, 0.15) is 56.2 Å². The summed E-state index contributed by atoms with van der Waals surface area (Å²) in [6, 6.07) is 14.4. The van der Waals surface area contributed by atoms with Crippen LogP contribution in [-0.2, 0) is 21.4 Å². The molecule has 2 aromatic carbocycles. The first kappa shape index (κ1) is 21.8. The lowest BCUT2D eigenvalue weighted by atomic mass is 9.88. The molecule has 0 radical (unpaired) electrons. The molecule has 0 unspecified atom stereocenters. The van der Waals surface area contributed by atoms with Crippen molar-refractivity contribution in [1.29, 1.82) is 5.41 Å². The lowest BCUT2D eigenvalue weighted by Crippen LogP contribution is -2.34. The van der Waals surface area contributed by atoms with Crippen LogP contribution in [0.15, 0.2) is 42.5 Å². The molecule has 0 aromatic heterocycles. The van der Waals surface area contributed by atoms with Crippen molar-refractivity contribution in [2.75, 3.05) is 6.54 Å². The van der Waals surface area contributed by atoms with Crippen molar-refractivity contribution in [2.24, 2.45) is 0 Å². The molecule has 2 N–H and O–H groups in total. The molecule has 1 saturated carbocycles. The van der Waals surface area contributed by atoms with Gasteiger partial charge in [-0.15, -0.1) is 0 Å². The van der Waals surface area contributed by atoms with Crippen molar-refractivity contribution in [1.82, 2.24) is 4.90 Å². The number of hydrogen-bond donors (Lipinski definition) is 2. The molecule has 0 spiro atoms. The normalized spacial score (nSPS) is 14.2. The quantitative estimate of drug-likeness (QED) is 0.481. The molecular formula is C25H30N2O3. The number of hydrogen-bond acceptors (Lipinski definition) is 3. The molecule has 0 saturated heterocycles. The Balaban J connectivity index is 1.73. The fourth-order valence-corrected chi connectivity index (χ4v) is 4.15. The predicted molar refractivity (Wildman–Crippen MR) is 119 cm³/mol. The minimum Gasteiger partial charge on any atom is -0.481 e. The number of amides is 1. The average molecular weight is 407 g/mol. The minimum atomic E-state index is -0.731. The number of aryl methyl sites for hydroxylation is 2. The van der Waals surface area contributed by atoms with E-state index in [1.54, 1.807) is 0 Å². The molecule has 0 atom stereocenters. The number of carbonyl (C=O) groups is 2. The van der Waals surface area contributed by atoms with Gasteiger partial charge in [0.1, 0.15) is 5.84 Å². The van der Waals surface area contributed by atoms with Gasteiger partial charge in [-0.05, 0) is 73.4 Å². The molecule has 2 aromatic rings. The zero-order chi connectivity index (χ0) is 21.9. The van der Waals surface area contributed by atoms with Crippen LogP contribution in [0.3, 0.4) is 0 Å². The van der Waals surface area contributed by atoms with Crippen molar-refractivity contribution < 1.29 is 14.7 Å². The number of benzene rings is 2. The van der Waals surface area contributed by atoms with Crippen LogP contribution in [0.25, 0.3) is 11.1 Å². The number of rotatable bonds is 8. The Labute approximate surface area is 178 Å². The van der Waals surface area contributed by atoms with Crippen LogP contribution < -0.4 is 0 Å². The van der Waals surface area contributed by atoms with Gasteiger partial charge in [0.15, 0.2) is 0 Å². The highest BCUT2D eigenvalue weighted by molar-refractivity contribution is 5.95. The van der Waals surface area contributed by atoms with Crippen LogP contribution in [0, 0.1) is 12.3 Å². The van der Waals surface area contributed by atoms with Gasteiger partial charge in [0.05, 0.1) is 5.41 Å². The van der Waals surface area contributed by atoms with Gasteiger partial charge in [-0.2, -0.15) is 0 Å². The highest BCUT2D eigenvalue weighted by Gasteiger charge is 2.52. The summed E-state index contributed by atoms with van der Waals surface area (Å²) >= 11 is 0. The zero-order valence-corrected chi connectivity index (χ0v) is 18.0. The molecule has 1 aliphatic rings. The maximum Gasteiger partial charge on any atom is 0.314 e. The average Bonchev–Trinajstić information content (AvgIpc) is 3.51. The van der Waals surface area contributed by atoms with Gasteiger partial charge in [0, 0.05) is 19.9 Å². The van der Waals surface area contributed by atoms with Gasteiger partial charge in [-0.3, -0.25) is 15.0 Å². The van der Waals surface area contributed by atoms with Crippen molar-refractivity contribution in [3.8, 4) is 11.1 Å². The van der Waals surface area contributed by atoms with Crippen molar-refractivity contribution in [2.45, 2.75) is 58.3 Å². The van der Waals surface area contributed by atoms with E-state index >= 15 is 0 Å². The van der Waals surface area contributed by atoms with Gasteiger partial charge in [-0.25, -0.2) is 0 Å². The number of aliphatic carboxylic acids is 1. The molecule has 1 aliphatic carbocycles. The Bertz CT molecular complexity index is 976. The Morgan fingerprint density at radius 1 is 1.13 bits per heavy atom. The van der Waals surface area contributed by atoms with Crippen LogP contribution >= 0.6 is 0 Å². The number of nitrogens with zero attached hydrogens (tertiary/aromatic N) is 1. The SMILES string of the molecule is CCN(C(=N)CCCc1cccc(-c2ccc(C)c(C3(C(=O)O)CC3)c2)c1)C(C)=O. The lowest BCUT2D eigenvalue weighted by Gasteiger charge is -2.19. The monoisotopic (exact) mass is 406 g/mol. The van der Waals surface area contributed by atoms with Gasteiger partial charge in [0.2, 0.25) is 5.91 Å². The van der Waals surface area contributed by atoms with Gasteiger partial charge >= 0.3 is 5.97 Å². The molecule has 0 bridgehead atoms. The molecule has 5 heteroatoms. The van der Waals surface area contributed by atoms with E-state index < -0.39 is 11.4 Å². The third kappa shape index (κ3) is 4.45. The largest absolute Gasteiger partial charge is 0.481 e. The summed E-state index contributed by atoms with van der Waals surface area (Å²) in [7, 11) is 0. The maximum absolute atomic E-state index is 11.8. The summed E-state index contributed by atoms with van der Waals surface area (Å²) in [5.41, 5.74) is 4.53. The minimum absolute atomic E-state index is 0.0885. The Morgan fingerprint density at radius 2 is 1.83 bits per heavy atom. The second kappa shape index (κ2) is 8.82. The molecule has 158 valence electrons. The zero-order valence-electron chi connectivity index (χ0n) is 18.0. The molecule has 3 rings (SSSR count). The first-order valence-electron chi connectivity index (χ1n) is 10.6. The van der Waals surface area contributed by atoms with Crippen molar-refractivity contribution >= 4 is 17.7 Å². The lowest BCUT2D eigenvalue weighted by molar-refractivity contribution is -0.140. The number of amidine groups is 1. The summed E-state index contributed by atoms with van der Waals surface area (Å²) in [4.78, 5) is 24.8. The smallest absolute Gasteiger partial charge is 0.314 e. The van der Waals surface area contributed by atoms with Crippen molar-refractivity contribution in [3.05, 3.63) is 59.2 Å². The molecule has 1 fully saturated rings. The Morgan fingerprint density at radius 3 is 2.43 bits per heavy atom. The topological polar surface area (TPSA) is 81.5 Å². The van der Waals surface area contributed by atoms with E-state index in [9.17, 15) is 14.7 Å². The summed E-state index contributed by atoms with van der Waals surface area (Å²) in [6.45, 7) is 5.88. The van der Waals surface area contributed by atoms with Crippen LogP contribution in [0.5, 0.6) is 0 Å². The number of carbonyl (C=O) groups excluding carboxylic acids is 1. The Hall–Kier alpha value is -2.95. The molecule has 30 heavy (non-hydrogen) atoms. The van der Waals surface area contributed by atoms with E-state index in [4.69, 9.17) is 5.41 Å². The summed E-state index contributed by atoms with van der Waals surface area (Å²) < 4.78 is 0. The van der Waals surface area contributed by atoms with Gasteiger partial charge < -0.3 is 10.0 Å². The second-order valence-corrected chi connectivity index (χ2v) is 8.18. The van der Waals surface area contributed by atoms with E-state index in [0.29, 0.717) is 31.6 Å². The predicted octanol–water partition coefficient (Wildman–Crippen LogP) is 4.95. The summed E-state index contributed by atoms with van der Waals surface area (Å²) in [5, 5.41) is 17.8. The van der Waals surface area contributed by atoms with Crippen LogP contribution in [0.2, 0.25) is 0 Å². The van der Waals surface area contributed by atoms with E-state index in [2.05, 4.69) is 24.3 Å². The number of carboxylic acids is 1. The third-order valence-electron chi connectivity index (χ3n) is 6.07. The number of nitrogens with one attached hydrogen (secondary N) is 1. The molecule has 5 nitrogen and oxygen atoms in total. The fourth-order valence-electron chi connectivity index (χ4n) is 4.15. The highest BCUT2D eigenvalue weighted by atomic mass is 16.4. The summed E-state index contributed by atoms with van der Waals surface area (Å²) in [5.74, 6) is -0.451. The third-order valence-corrected chi connectivity index (χ3v) is 6.07. The summed E-state index contributed by atoms with van der Waals surface area (Å²) in [6.07, 6.45) is 3.59. The van der Waals surface area contributed by atoms with Crippen LogP contribution in [0.4, 0.5) is 0 Å². The molecule has 0 aliphatic heterocycles. The Kier molecular flexibility index (Phi) is 6.40. The molecular weight excluding hydrogens is 376 g/mol. The highest BCUT2D eigenvalue weighted by Crippen LogP contribution is 2.50. The standard InChI is InChI=1S/C25H30N2O3/c1-4-27(18(3)28)23(26)10-6-8-19-7-5-9-20(15-19)21-12-11-17(2)22(16-21)25(13-14-25)24(29)30/h5,7,9,11-12,15-16,26H,4,6,8,10,13-14H2,1-3H3,(H,29,30). The number of carboxylic acid groups (broad SMARTS) is 1. The first-order valence-corrected chi connectivity index (χ1v) is 10.6. The van der Waals surface area contributed by atoms with Crippen LogP contribution in [-0.4, -0.2) is 34.3 Å². The maximum atomic E-state index is 11.8. The molecule has 1 amide bonds. The van der Waals surface area contributed by atoms with Crippen molar-refractivity contribution in [3.63, 3.8) is 0 Å². The van der Waals surface area contributed by atoms with E-state index in [-0.39, 0.29) is 5.91 Å². The van der Waals surface area contributed by atoms with E-state index in [1.165, 1.54) is 17.4 Å². The second-order valence-electron chi connectivity index (χ2n) is 8.18. The van der Waals surface area contributed by atoms with Gasteiger partial charge in [0.25, 0.3) is 0 Å². The van der Waals surface area contributed by atoms with E-state index in [0.717, 1.165) is 35.1 Å².